The second-order valence-electron chi connectivity index (χ2n) is 15.6. The van der Waals surface area contributed by atoms with Crippen LogP contribution in [0.1, 0.15) is 0 Å². The predicted molar refractivity (Wildman–Crippen MR) is 256 cm³/mol. The average molecular weight is 792 g/mol. The molecule has 0 saturated carbocycles. The number of aromatic nitrogens is 5. The van der Waals surface area contributed by atoms with Crippen molar-refractivity contribution >= 4 is 43.6 Å². The SMILES string of the molecule is c1ccc(-c2cc(-c3ccccc3)cc(-n3c4ccccc4c4c5c6ccccc6n(-c6cccc(-c7nc(-c8ccccc8)nc(-c8ccccc8)n7)c6)c5ccc43)c2)cc1. The van der Waals surface area contributed by atoms with E-state index < -0.39 is 0 Å². The van der Waals surface area contributed by atoms with Crippen LogP contribution in [-0.2, 0) is 0 Å². The van der Waals surface area contributed by atoms with E-state index in [-0.39, 0.29) is 0 Å². The second-order valence-corrected chi connectivity index (χ2v) is 15.6. The summed E-state index contributed by atoms with van der Waals surface area (Å²) in [5.74, 6) is 1.90. The Labute approximate surface area is 358 Å². The standard InChI is InChI=1S/C57H37N5/c1-5-18-38(19-6-1)43-34-44(39-20-7-2-8-21-39)37-46(36-43)62-50-31-16-14-29-48(50)54-52(62)33-32-51-53(54)47-28-13-15-30-49(47)61(51)45-27-17-26-42(35-45)57-59-55(40-22-9-3-10-23-40)58-56(60-57)41-24-11-4-12-25-41/h1-37H. The number of benzene rings is 9. The molecule has 0 aliphatic carbocycles. The molecule has 0 fully saturated rings. The molecule has 0 bridgehead atoms. The van der Waals surface area contributed by atoms with Crippen molar-refractivity contribution in [1.82, 2.24) is 24.1 Å². The molecule has 12 rings (SSSR count). The maximum atomic E-state index is 5.07. The first kappa shape index (κ1) is 35.5. The van der Waals surface area contributed by atoms with E-state index in [9.17, 15) is 0 Å². The Morgan fingerprint density at radius 1 is 0.242 bits per heavy atom. The summed E-state index contributed by atoms with van der Waals surface area (Å²) in [7, 11) is 0. The van der Waals surface area contributed by atoms with Gasteiger partial charge in [0.1, 0.15) is 0 Å². The lowest BCUT2D eigenvalue weighted by Crippen LogP contribution is -2.01. The summed E-state index contributed by atoms with van der Waals surface area (Å²) >= 11 is 0. The van der Waals surface area contributed by atoms with E-state index >= 15 is 0 Å². The zero-order chi connectivity index (χ0) is 41.0. The van der Waals surface area contributed by atoms with E-state index in [4.69, 9.17) is 15.0 Å². The van der Waals surface area contributed by atoms with Crippen molar-refractivity contribution in [3.05, 3.63) is 224 Å². The zero-order valence-corrected chi connectivity index (χ0v) is 33.6. The molecule has 5 nitrogen and oxygen atoms in total. The number of para-hydroxylation sites is 2. The van der Waals surface area contributed by atoms with Crippen LogP contribution in [-0.4, -0.2) is 24.1 Å². The van der Waals surface area contributed by atoms with Crippen LogP contribution < -0.4 is 0 Å². The molecular weight excluding hydrogens is 755 g/mol. The van der Waals surface area contributed by atoms with Gasteiger partial charge < -0.3 is 9.13 Å². The van der Waals surface area contributed by atoms with Gasteiger partial charge in [0.2, 0.25) is 0 Å². The van der Waals surface area contributed by atoms with Gasteiger partial charge in [-0.25, -0.2) is 15.0 Å². The van der Waals surface area contributed by atoms with Gasteiger partial charge in [-0.2, -0.15) is 0 Å². The van der Waals surface area contributed by atoms with Crippen LogP contribution in [0.15, 0.2) is 224 Å². The van der Waals surface area contributed by atoms with Gasteiger partial charge in [-0.3, -0.25) is 0 Å². The molecule has 0 atom stereocenters. The quantitative estimate of drug-likeness (QED) is 0.162. The summed E-state index contributed by atoms with van der Waals surface area (Å²) < 4.78 is 4.84. The highest BCUT2D eigenvalue weighted by Gasteiger charge is 2.22. The first-order valence-corrected chi connectivity index (χ1v) is 20.9. The van der Waals surface area contributed by atoms with Gasteiger partial charge in [-0.05, 0) is 76.9 Å². The molecule has 12 aromatic rings. The molecule has 0 N–H and O–H groups in total. The monoisotopic (exact) mass is 791 g/mol. The maximum Gasteiger partial charge on any atom is 0.164 e. The van der Waals surface area contributed by atoms with Crippen molar-refractivity contribution in [3.63, 3.8) is 0 Å². The summed E-state index contributed by atoms with van der Waals surface area (Å²) in [5.41, 5.74) is 14.3. The minimum atomic E-state index is 0.624. The Balaban J connectivity index is 1.08. The smallest absolute Gasteiger partial charge is 0.164 e. The van der Waals surface area contributed by atoms with Crippen LogP contribution >= 0.6 is 0 Å². The van der Waals surface area contributed by atoms with Crippen molar-refractivity contribution in [2.24, 2.45) is 0 Å². The van der Waals surface area contributed by atoms with E-state index in [0.717, 1.165) is 50.1 Å². The van der Waals surface area contributed by atoms with E-state index in [1.54, 1.807) is 0 Å². The topological polar surface area (TPSA) is 48.5 Å². The van der Waals surface area contributed by atoms with Gasteiger partial charge in [0.25, 0.3) is 0 Å². The Bertz CT molecular complexity index is 3500. The number of fused-ring (bicyclic) bond motifs is 7. The van der Waals surface area contributed by atoms with Crippen LogP contribution in [0.25, 0.3) is 111 Å². The van der Waals surface area contributed by atoms with E-state index in [0.29, 0.717) is 17.5 Å². The molecular formula is C57H37N5. The fourth-order valence-corrected chi connectivity index (χ4v) is 9.13. The molecule has 290 valence electrons. The number of rotatable bonds is 7. The summed E-state index contributed by atoms with van der Waals surface area (Å²) in [5, 5.41) is 4.86. The van der Waals surface area contributed by atoms with E-state index in [1.165, 1.54) is 43.8 Å². The minimum Gasteiger partial charge on any atom is -0.309 e. The average Bonchev–Trinajstić information content (AvgIpc) is 3.88. The van der Waals surface area contributed by atoms with E-state index in [2.05, 4.69) is 173 Å². The fraction of sp³-hybridized carbons (Fsp3) is 0. The molecule has 0 aliphatic rings. The number of nitrogens with zero attached hydrogens (tertiary/aromatic N) is 5. The first-order chi connectivity index (χ1) is 30.7. The van der Waals surface area contributed by atoms with Crippen LogP contribution in [0.3, 0.4) is 0 Å². The lowest BCUT2D eigenvalue weighted by molar-refractivity contribution is 1.07. The van der Waals surface area contributed by atoms with Gasteiger partial charge in [0.05, 0.1) is 22.1 Å². The highest BCUT2D eigenvalue weighted by atomic mass is 15.0. The van der Waals surface area contributed by atoms with Crippen molar-refractivity contribution in [1.29, 1.82) is 0 Å². The third kappa shape index (κ3) is 5.98. The highest BCUT2D eigenvalue weighted by Crippen LogP contribution is 2.43. The number of hydrogen-bond acceptors (Lipinski definition) is 3. The lowest BCUT2D eigenvalue weighted by Gasteiger charge is -2.14. The second kappa shape index (κ2) is 14.7. The molecule has 0 unspecified atom stereocenters. The third-order valence-electron chi connectivity index (χ3n) is 11.9. The molecule has 0 spiro atoms. The summed E-state index contributed by atoms with van der Waals surface area (Å²) in [6, 6.07) is 79.4. The molecule has 9 aromatic carbocycles. The van der Waals surface area contributed by atoms with Gasteiger partial charge in [0, 0.05) is 49.6 Å². The Morgan fingerprint density at radius 2 is 0.613 bits per heavy atom. The first-order valence-electron chi connectivity index (χ1n) is 20.9. The van der Waals surface area contributed by atoms with Crippen LogP contribution in [0.2, 0.25) is 0 Å². The fourth-order valence-electron chi connectivity index (χ4n) is 9.13. The third-order valence-corrected chi connectivity index (χ3v) is 11.9. The molecule has 0 radical (unpaired) electrons. The largest absolute Gasteiger partial charge is 0.309 e. The zero-order valence-electron chi connectivity index (χ0n) is 33.6. The van der Waals surface area contributed by atoms with Crippen molar-refractivity contribution < 1.29 is 0 Å². The minimum absolute atomic E-state index is 0.624. The van der Waals surface area contributed by atoms with Crippen LogP contribution in [0.5, 0.6) is 0 Å². The molecule has 5 heteroatoms. The molecule has 3 aromatic heterocycles. The normalized spacial score (nSPS) is 11.5. The lowest BCUT2D eigenvalue weighted by atomic mass is 9.98. The molecule has 0 amide bonds. The van der Waals surface area contributed by atoms with Gasteiger partial charge in [-0.15, -0.1) is 0 Å². The van der Waals surface area contributed by atoms with Crippen molar-refractivity contribution in [2.45, 2.75) is 0 Å². The van der Waals surface area contributed by atoms with Gasteiger partial charge in [0.15, 0.2) is 17.5 Å². The number of hydrogen-bond donors (Lipinski definition) is 0. The Hall–Kier alpha value is -8.41. The van der Waals surface area contributed by atoms with Gasteiger partial charge in [-0.1, -0.05) is 170 Å². The Kier molecular flexibility index (Phi) is 8.42. The molecule has 0 aliphatic heterocycles. The summed E-state index contributed by atoms with van der Waals surface area (Å²) in [4.78, 5) is 15.1. The van der Waals surface area contributed by atoms with Crippen molar-refractivity contribution in [3.8, 4) is 67.8 Å². The summed E-state index contributed by atoms with van der Waals surface area (Å²) in [6.45, 7) is 0. The van der Waals surface area contributed by atoms with E-state index in [1.807, 2.05) is 60.7 Å². The molecule has 0 saturated heterocycles. The predicted octanol–water partition coefficient (Wildman–Crippen LogP) is 14.4. The maximum absolute atomic E-state index is 5.07. The Morgan fingerprint density at radius 3 is 1.10 bits per heavy atom. The molecule has 3 heterocycles. The van der Waals surface area contributed by atoms with Crippen molar-refractivity contribution in [2.75, 3.05) is 0 Å². The molecule has 62 heavy (non-hydrogen) atoms. The highest BCUT2D eigenvalue weighted by molar-refractivity contribution is 6.29. The van der Waals surface area contributed by atoms with Crippen LogP contribution in [0.4, 0.5) is 0 Å². The summed E-state index contributed by atoms with van der Waals surface area (Å²) in [6.07, 6.45) is 0. The van der Waals surface area contributed by atoms with Gasteiger partial charge >= 0.3 is 0 Å². The van der Waals surface area contributed by atoms with Crippen LogP contribution in [0, 0.1) is 0 Å².